The van der Waals surface area contributed by atoms with Crippen LogP contribution in [-0.4, -0.2) is 5.78 Å². The Morgan fingerprint density at radius 1 is 1.56 bits per heavy atom. The Morgan fingerprint density at radius 2 is 2.22 bits per heavy atom. The first-order valence-corrected chi connectivity index (χ1v) is 3.73. The van der Waals surface area contributed by atoms with E-state index in [0.29, 0.717) is 5.78 Å². The van der Waals surface area contributed by atoms with E-state index in [2.05, 4.69) is 6.92 Å². The number of rotatable bonds is 3. The molecule has 0 aromatic rings. The summed E-state index contributed by atoms with van der Waals surface area (Å²) in [5.74, 6) is 2.00. The van der Waals surface area contributed by atoms with Gasteiger partial charge >= 0.3 is 0 Å². The molecule has 0 radical (unpaired) electrons. The van der Waals surface area contributed by atoms with Crippen LogP contribution in [0.25, 0.3) is 0 Å². The van der Waals surface area contributed by atoms with Crippen molar-refractivity contribution in [3.8, 4) is 0 Å². The summed E-state index contributed by atoms with van der Waals surface area (Å²) < 4.78 is 0. The van der Waals surface area contributed by atoms with Crippen molar-refractivity contribution in [3.05, 3.63) is 0 Å². The van der Waals surface area contributed by atoms with Crippen molar-refractivity contribution in [2.24, 2.45) is 11.8 Å². The van der Waals surface area contributed by atoms with Crippen LogP contribution in [0.3, 0.4) is 0 Å². The minimum atomic E-state index is 0.357. The van der Waals surface area contributed by atoms with E-state index >= 15 is 0 Å². The van der Waals surface area contributed by atoms with Gasteiger partial charge in [0.1, 0.15) is 5.78 Å². The maximum Gasteiger partial charge on any atom is 0.130 e. The molecular weight excluding hydrogens is 112 g/mol. The molecule has 0 bridgehead atoms. The lowest BCUT2D eigenvalue weighted by Crippen LogP contribution is -1.92. The van der Waals surface area contributed by atoms with E-state index in [1.165, 1.54) is 12.8 Å². The van der Waals surface area contributed by atoms with Gasteiger partial charge in [0.05, 0.1) is 0 Å². The molecule has 0 unspecified atom stereocenters. The molecule has 1 nitrogen and oxygen atoms in total. The third kappa shape index (κ3) is 1.81. The fourth-order valence-corrected chi connectivity index (χ4v) is 1.43. The molecule has 0 aromatic heterocycles. The normalized spacial score (nSPS) is 32.2. The molecule has 1 rings (SSSR count). The number of carbonyl (C=O) groups is 1. The largest absolute Gasteiger partial charge is 0.300 e. The number of carbonyl (C=O) groups excluding carboxylic acids is 1. The first-order valence-electron chi connectivity index (χ1n) is 3.73. The summed E-state index contributed by atoms with van der Waals surface area (Å²) in [7, 11) is 0. The molecule has 0 aliphatic heterocycles. The minimum absolute atomic E-state index is 0.357. The van der Waals surface area contributed by atoms with Crippen LogP contribution in [0, 0.1) is 11.8 Å². The first kappa shape index (κ1) is 6.79. The molecule has 1 aliphatic rings. The van der Waals surface area contributed by atoms with Gasteiger partial charge in [0, 0.05) is 6.42 Å². The van der Waals surface area contributed by atoms with Crippen molar-refractivity contribution in [1.29, 1.82) is 0 Å². The van der Waals surface area contributed by atoms with Crippen LogP contribution < -0.4 is 0 Å². The fraction of sp³-hybridized carbons (Fsp3) is 0.875. The van der Waals surface area contributed by atoms with Gasteiger partial charge in [-0.2, -0.15) is 0 Å². The highest BCUT2D eigenvalue weighted by Crippen LogP contribution is 2.43. The van der Waals surface area contributed by atoms with Crippen molar-refractivity contribution >= 4 is 5.78 Å². The summed E-state index contributed by atoms with van der Waals surface area (Å²) in [4.78, 5) is 10.6. The summed E-state index contributed by atoms with van der Waals surface area (Å²) in [5, 5.41) is 0. The smallest absolute Gasteiger partial charge is 0.130 e. The first-order chi connectivity index (χ1) is 4.24. The Morgan fingerprint density at radius 3 is 2.56 bits per heavy atom. The minimum Gasteiger partial charge on any atom is -0.300 e. The highest BCUT2D eigenvalue weighted by atomic mass is 16.1. The second kappa shape index (κ2) is 2.51. The molecule has 9 heavy (non-hydrogen) atoms. The third-order valence-corrected chi connectivity index (χ3v) is 2.14. The zero-order valence-corrected chi connectivity index (χ0v) is 6.18. The topological polar surface area (TPSA) is 17.1 Å². The summed E-state index contributed by atoms with van der Waals surface area (Å²) in [6.07, 6.45) is 3.40. The average Bonchev–Trinajstić information content (AvgIpc) is 2.45. The van der Waals surface area contributed by atoms with Crippen LogP contribution in [0.1, 0.15) is 33.1 Å². The van der Waals surface area contributed by atoms with Gasteiger partial charge in [-0.3, -0.25) is 0 Å². The van der Waals surface area contributed by atoms with Crippen LogP contribution in [-0.2, 0) is 4.79 Å². The van der Waals surface area contributed by atoms with Gasteiger partial charge < -0.3 is 4.79 Å². The Labute approximate surface area is 56.4 Å². The predicted molar refractivity (Wildman–Crippen MR) is 37.2 cm³/mol. The molecule has 1 fully saturated rings. The van der Waals surface area contributed by atoms with Gasteiger partial charge in [-0.05, 0) is 25.2 Å². The van der Waals surface area contributed by atoms with Gasteiger partial charge in [0.15, 0.2) is 0 Å². The Balaban J connectivity index is 2.12. The predicted octanol–water partition coefficient (Wildman–Crippen LogP) is 2.01. The maximum absolute atomic E-state index is 10.6. The SMILES string of the molecule is CC[C@@H]1C[C@@H]1CC(C)=O. The fourth-order valence-electron chi connectivity index (χ4n) is 1.43. The van der Waals surface area contributed by atoms with Crippen LogP contribution in [0.2, 0.25) is 0 Å². The number of hydrogen-bond donors (Lipinski definition) is 0. The summed E-state index contributed by atoms with van der Waals surface area (Å²) in [6, 6.07) is 0. The van der Waals surface area contributed by atoms with Crippen molar-refractivity contribution < 1.29 is 4.79 Å². The second-order valence-electron chi connectivity index (χ2n) is 3.07. The Bertz CT molecular complexity index is 118. The van der Waals surface area contributed by atoms with Gasteiger partial charge in [-0.25, -0.2) is 0 Å². The Hall–Kier alpha value is -0.330. The summed E-state index contributed by atoms with van der Waals surface area (Å²) in [5.41, 5.74) is 0. The number of Topliss-reactive ketones (excluding diaryl/α,β-unsaturated/α-hetero) is 1. The number of ketones is 1. The van der Waals surface area contributed by atoms with E-state index in [1.54, 1.807) is 6.92 Å². The molecule has 0 aromatic carbocycles. The molecule has 0 amide bonds. The maximum atomic E-state index is 10.6. The van der Waals surface area contributed by atoms with Gasteiger partial charge in [0.2, 0.25) is 0 Å². The highest BCUT2D eigenvalue weighted by molar-refractivity contribution is 5.76. The Kier molecular flexibility index (Phi) is 1.89. The molecular formula is C8H14O. The van der Waals surface area contributed by atoms with Crippen molar-refractivity contribution in [1.82, 2.24) is 0 Å². The van der Waals surface area contributed by atoms with E-state index < -0.39 is 0 Å². The lowest BCUT2D eigenvalue weighted by molar-refractivity contribution is -0.117. The molecule has 0 saturated heterocycles. The molecule has 1 aliphatic carbocycles. The number of hydrogen-bond acceptors (Lipinski definition) is 1. The standard InChI is InChI=1S/C8H14O/c1-3-7-5-8(7)4-6(2)9/h7-8H,3-5H2,1-2H3/t7-,8+/m1/s1. The van der Waals surface area contributed by atoms with Gasteiger partial charge in [-0.1, -0.05) is 13.3 Å². The van der Waals surface area contributed by atoms with E-state index in [1.807, 2.05) is 0 Å². The van der Waals surface area contributed by atoms with E-state index in [-0.39, 0.29) is 0 Å². The van der Waals surface area contributed by atoms with Crippen LogP contribution >= 0.6 is 0 Å². The molecule has 1 saturated carbocycles. The van der Waals surface area contributed by atoms with E-state index in [9.17, 15) is 4.79 Å². The monoisotopic (exact) mass is 126 g/mol. The van der Waals surface area contributed by atoms with Gasteiger partial charge in [0.25, 0.3) is 0 Å². The zero-order valence-electron chi connectivity index (χ0n) is 6.18. The quantitative estimate of drug-likeness (QED) is 0.565. The van der Waals surface area contributed by atoms with Crippen molar-refractivity contribution in [3.63, 3.8) is 0 Å². The van der Waals surface area contributed by atoms with E-state index in [0.717, 1.165) is 18.3 Å². The summed E-state index contributed by atoms with van der Waals surface area (Å²) in [6.45, 7) is 3.88. The molecule has 0 N–H and O–H groups in total. The molecule has 2 atom stereocenters. The molecule has 0 spiro atoms. The van der Waals surface area contributed by atoms with Crippen LogP contribution in [0.4, 0.5) is 0 Å². The summed E-state index contributed by atoms with van der Waals surface area (Å²) >= 11 is 0. The highest BCUT2D eigenvalue weighted by Gasteiger charge is 2.35. The lowest BCUT2D eigenvalue weighted by Gasteiger charge is -1.90. The lowest BCUT2D eigenvalue weighted by atomic mass is 10.2. The van der Waals surface area contributed by atoms with Crippen molar-refractivity contribution in [2.75, 3.05) is 0 Å². The van der Waals surface area contributed by atoms with Crippen molar-refractivity contribution in [2.45, 2.75) is 33.1 Å². The molecule has 1 heteroatoms. The van der Waals surface area contributed by atoms with E-state index in [4.69, 9.17) is 0 Å². The van der Waals surface area contributed by atoms with Crippen LogP contribution in [0.5, 0.6) is 0 Å². The third-order valence-electron chi connectivity index (χ3n) is 2.14. The van der Waals surface area contributed by atoms with Crippen LogP contribution in [0.15, 0.2) is 0 Å². The average molecular weight is 126 g/mol. The molecule has 52 valence electrons. The molecule has 0 heterocycles. The van der Waals surface area contributed by atoms with Gasteiger partial charge in [-0.15, -0.1) is 0 Å². The second-order valence-corrected chi connectivity index (χ2v) is 3.07. The zero-order chi connectivity index (χ0) is 6.85.